The molecule has 2 amide bonds. The molecule has 1 atom stereocenters. The highest BCUT2D eigenvalue weighted by atomic mass is 16.5. The van der Waals surface area contributed by atoms with Crippen molar-refractivity contribution in [3.63, 3.8) is 0 Å². The molecule has 2 aliphatic rings. The summed E-state index contributed by atoms with van der Waals surface area (Å²) in [5.41, 5.74) is 1.64. The molecular formula is C24H28N2O7. The van der Waals surface area contributed by atoms with Crippen molar-refractivity contribution in [3.05, 3.63) is 35.4 Å². The average Bonchev–Trinajstić information content (AvgIpc) is 3.32. The number of carbonyl (C=O) groups is 2. The molecule has 176 valence electrons. The van der Waals surface area contributed by atoms with E-state index in [9.17, 15) is 9.59 Å². The van der Waals surface area contributed by atoms with Crippen LogP contribution in [0.3, 0.4) is 0 Å². The largest absolute Gasteiger partial charge is 0.493 e. The maximum Gasteiger partial charge on any atom is 0.256 e. The highest BCUT2D eigenvalue weighted by molar-refractivity contribution is 6.11. The SMILES string of the molecule is COc1cc2c(cc1OC)N(Cc1cc(OC)c(OC)c(OC)c1)C(=O)[C@@H]1CCCN1C2=O. The third kappa shape index (κ3) is 3.77. The first-order valence-electron chi connectivity index (χ1n) is 10.6. The van der Waals surface area contributed by atoms with Crippen LogP contribution in [-0.4, -0.2) is 64.8 Å². The standard InChI is InChI=1S/C24H28N2O7/c1-29-18-11-15-17(12-19(18)30-2)26(24(28)16-7-6-8-25(16)23(15)27)13-14-9-20(31-3)22(33-5)21(10-14)32-4/h9-12,16H,6-8,13H2,1-5H3/t16-/m0/s1. The Morgan fingerprint density at radius 2 is 1.42 bits per heavy atom. The van der Waals surface area contributed by atoms with Crippen LogP contribution in [0.4, 0.5) is 5.69 Å². The van der Waals surface area contributed by atoms with Crippen LogP contribution in [0.5, 0.6) is 28.7 Å². The topological polar surface area (TPSA) is 86.8 Å². The molecule has 0 unspecified atom stereocenters. The second-order valence-corrected chi connectivity index (χ2v) is 7.84. The number of methoxy groups -OCH3 is 5. The van der Waals surface area contributed by atoms with Crippen LogP contribution in [0.1, 0.15) is 28.8 Å². The summed E-state index contributed by atoms with van der Waals surface area (Å²) in [5.74, 6) is 1.99. The summed E-state index contributed by atoms with van der Waals surface area (Å²) >= 11 is 0. The Kier molecular flexibility index (Phi) is 6.22. The molecule has 2 aromatic rings. The Bertz CT molecular complexity index is 1060. The van der Waals surface area contributed by atoms with Crippen molar-refractivity contribution >= 4 is 17.5 Å². The molecule has 0 N–H and O–H groups in total. The number of amides is 2. The molecule has 0 bridgehead atoms. The zero-order valence-corrected chi connectivity index (χ0v) is 19.5. The number of nitrogens with zero attached hydrogens (tertiary/aromatic N) is 2. The molecule has 0 spiro atoms. The number of fused-ring (bicyclic) bond motifs is 2. The molecule has 1 fully saturated rings. The minimum Gasteiger partial charge on any atom is -0.493 e. The molecule has 9 nitrogen and oxygen atoms in total. The lowest BCUT2D eigenvalue weighted by Crippen LogP contribution is -2.44. The summed E-state index contributed by atoms with van der Waals surface area (Å²) in [6, 6.07) is 6.42. The Morgan fingerprint density at radius 3 is 2.00 bits per heavy atom. The smallest absolute Gasteiger partial charge is 0.256 e. The van der Waals surface area contributed by atoms with E-state index >= 15 is 0 Å². The van der Waals surface area contributed by atoms with Crippen molar-refractivity contribution in [2.75, 3.05) is 47.0 Å². The normalized spacial score (nSPS) is 17.3. The van der Waals surface area contributed by atoms with Gasteiger partial charge in [-0.25, -0.2) is 0 Å². The fourth-order valence-electron chi connectivity index (χ4n) is 4.56. The van der Waals surface area contributed by atoms with Crippen LogP contribution in [-0.2, 0) is 11.3 Å². The molecule has 9 heteroatoms. The molecule has 33 heavy (non-hydrogen) atoms. The molecule has 2 aromatic carbocycles. The van der Waals surface area contributed by atoms with E-state index in [1.165, 1.54) is 21.3 Å². The van der Waals surface area contributed by atoms with Gasteiger partial charge in [-0.2, -0.15) is 0 Å². The summed E-state index contributed by atoms with van der Waals surface area (Å²) in [6.07, 6.45) is 1.40. The first kappa shape index (κ1) is 22.6. The quantitative estimate of drug-likeness (QED) is 0.633. The number of rotatable bonds is 7. The summed E-state index contributed by atoms with van der Waals surface area (Å²) in [7, 11) is 7.66. The van der Waals surface area contributed by atoms with E-state index in [1.54, 1.807) is 48.3 Å². The van der Waals surface area contributed by atoms with Gasteiger partial charge < -0.3 is 33.5 Å². The second kappa shape index (κ2) is 9.09. The van der Waals surface area contributed by atoms with Crippen molar-refractivity contribution in [1.82, 2.24) is 4.90 Å². The van der Waals surface area contributed by atoms with E-state index in [0.29, 0.717) is 53.0 Å². The molecule has 0 aliphatic carbocycles. The number of anilines is 1. The minimum absolute atomic E-state index is 0.138. The number of ether oxygens (including phenoxy) is 5. The number of hydrogen-bond acceptors (Lipinski definition) is 7. The molecule has 0 saturated carbocycles. The van der Waals surface area contributed by atoms with Crippen LogP contribution < -0.4 is 28.6 Å². The van der Waals surface area contributed by atoms with Gasteiger partial charge in [0.05, 0.1) is 53.3 Å². The average molecular weight is 456 g/mol. The van der Waals surface area contributed by atoms with Gasteiger partial charge in [-0.15, -0.1) is 0 Å². The second-order valence-electron chi connectivity index (χ2n) is 7.84. The van der Waals surface area contributed by atoms with Gasteiger partial charge in [-0.1, -0.05) is 0 Å². The lowest BCUT2D eigenvalue weighted by Gasteiger charge is -2.27. The van der Waals surface area contributed by atoms with E-state index < -0.39 is 6.04 Å². The van der Waals surface area contributed by atoms with Gasteiger partial charge >= 0.3 is 0 Å². The zero-order valence-electron chi connectivity index (χ0n) is 19.5. The van der Waals surface area contributed by atoms with Crippen LogP contribution in [0.25, 0.3) is 0 Å². The molecular weight excluding hydrogens is 428 g/mol. The predicted molar refractivity (Wildman–Crippen MR) is 121 cm³/mol. The lowest BCUT2D eigenvalue weighted by molar-refractivity contribution is -0.122. The predicted octanol–water partition coefficient (Wildman–Crippen LogP) is 2.88. The third-order valence-corrected chi connectivity index (χ3v) is 6.15. The van der Waals surface area contributed by atoms with Crippen molar-refractivity contribution < 1.29 is 33.3 Å². The summed E-state index contributed by atoms with van der Waals surface area (Å²) < 4.78 is 27.3. The molecule has 4 rings (SSSR count). The highest BCUT2D eigenvalue weighted by Crippen LogP contribution is 2.42. The lowest BCUT2D eigenvalue weighted by atomic mass is 10.1. The van der Waals surface area contributed by atoms with Crippen LogP contribution in [0, 0.1) is 0 Å². The molecule has 0 radical (unpaired) electrons. The van der Waals surface area contributed by atoms with Gasteiger partial charge in [0.2, 0.25) is 11.7 Å². The Balaban J connectivity index is 1.86. The maximum absolute atomic E-state index is 13.7. The van der Waals surface area contributed by atoms with Crippen LogP contribution in [0.15, 0.2) is 24.3 Å². The van der Waals surface area contributed by atoms with Crippen molar-refractivity contribution in [2.24, 2.45) is 0 Å². The Morgan fingerprint density at radius 1 is 0.818 bits per heavy atom. The molecule has 2 heterocycles. The van der Waals surface area contributed by atoms with E-state index in [1.807, 2.05) is 0 Å². The highest BCUT2D eigenvalue weighted by Gasteiger charge is 2.42. The summed E-state index contributed by atoms with van der Waals surface area (Å²) in [5, 5.41) is 0. The summed E-state index contributed by atoms with van der Waals surface area (Å²) in [6.45, 7) is 0.747. The van der Waals surface area contributed by atoms with Crippen molar-refractivity contribution in [3.8, 4) is 28.7 Å². The van der Waals surface area contributed by atoms with Crippen LogP contribution >= 0.6 is 0 Å². The maximum atomic E-state index is 13.7. The van der Waals surface area contributed by atoms with Crippen LogP contribution in [0.2, 0.25) is 0 Å². The van der Waals surface area contributed by atoms with E-state index in [0.717, 1.165) is 12.0 Å². The number of benzene rings is 2. The molecule has 2 aliphatic heterocycles. The van der Waals surface area contributed by atoms with Gasteiger partial charge in [-0.05, 0) is 36.6 Å². The van der Waals surface area contributed by atoms with Gasteiger partial charge in [0.1, 0.15) is 6.04 Å². The van der Waals surface area contributed by atoms with Gasteiger partial charge in [-0.3, -0.25) is 9.59 Å². The third-order valence-electron chi connectivity index (χ3n) is 6.15. The van der Waals surface area contributed by atoms with Gasteiger partial charge in [0.25, 0.3) is 5.91 Å². The number of hydrogen-bond donors (Lipinski definition) is 0. The minimum atomic E-state index is -0.510. The zero-order chi connectivity index (χ0) is 23.7. The fraction of sp³-hybridized carbons (Fsp3) is 0.417. The van der Waals surface area contributed by atoms with E-state index in [-0.39, 0.29) is 18.4 Å². The monoisotopic (exact) mass is 456 g/mol. The van der Waals surface area contributed by atoms with Gasteiger partial charge in [0, 0.05) is 12.6 Å². The Labute approximate surface area is 192 Å². The first-order chi connectivity index (χ1) is 16.0. The Hall–Kier alpha value is -3.62. The molecule has 0 aromatic heterocycles. The van der Waals surface area contributed by atoms with Crippen molar-refractivity contribution in [2.45, 2.75) is 25.4 Å². The fourth-order valence-corrected chi connectivity index (χ4v) is 4.56. The summed E-state index contributed by atoms with van der Waals surface area (Å²) in [4.78, 5) is 30.4. The van der Waals surface area contributed by atoms with Gasteiger partial charge in [0.15, 0.2) is 23.0 Å². The van der Waals surface area contributed by atoms with Crippen molar-refractivity contribution in [1.29, 1.82) is 0 Å². The van der Waals surface area contributed by atoms with E-state index in [2.05, 4.69) is 0 Å². The van der Waals surface area contributed by atoms with E-state index in [4.69, 9.17) is 23.7 Å². The first-order valence-corrected chi connectivity index (χ1v) is 10.6. The molecule has 1 saturated heterocycles. The number of carbonyl (C=O) groups excluding carboxylic acids is 2.